The highest BCUT2D eigenvalue weighted by atomic mass is 32.2. The van der Waals surface area contributed by atoms with E-state index in [4.69, 9.17) is 0 Å². The third kappa shape index (κ3) is 4.31. The molecule has 146 valence electrons. The van der Waals surface area contributed by atoms with E-state index in [1.807, 2.05) is 26.0 Å². The molecule has 0 unspecified atom stereocenters. The van der Waals surface area contributed by atoms with Crippen molar-refractivity contribution >= 4 is 34.7 Å². The molecule has 5 nitrogen and oxygen atoms in total. The number of benzene rings is 1. The summed E-state index contributed by atoms with van der Waals surface area (Å²) < 4.78 is 2.24. The number of carbonyl (C=O) groups is 1. The van der Waals surface area contributed by atoms with Crippen molar-refractivity contribution in [2.45, 2.75) is 56.5 Å². The molecule has 4 rings (SSSR count). The molecule has 1 aliphatic carbocycles. The Labute approximate surface area is 173 Å². The van der Waals surface area contributed by atoms with Gasteiger partial charge in [-0.25, -0.2) is 0 Å². The van der Waals surface area contributed by atoms with Crippen molar-refractivity contribution in [3.05, 3.63) is 57.5 Å². The summed E-state index contributed by atoms with van der Waals surface area (Å²) in [5.41, 5.74) is 3.13. The van der Waals surface area contributed by atoms with E-state index in [0.29, 0.717) is 6.04 Å². The number of amides is 1. The number of thiophene rings is 1. The Kier molecular flexibility index (Phi) is 5.55. The number of carbonyl (C=O) groups excluding carboxylic acids is 1. The summed E-state index contributed by atoms with van der Waals surface area (Å²) in [5.74, 6) is 0.983. The number of aryl methyl sites for hydroxylation is 2. The molecule has 1 saturated carbocycles. The van der Waals surface area contributed by atoms with Crippen LogP contribution in [-0.4, -0.2) is 25.9 Å². The van der Waals surface area contributed by atoms with Gasteiger partial charge in [-0.1, -0.05) is 35.5 Å². The first-order valence-corrected chi connectivity index (χ1v) is 11.3. The predicted molar refractivity (Wildman–Crippen MR) is 115 cm³/mol. The Morgan fingerprint density at radius 2 is 2.14 bits per heavy atom. The standard InChI is InChI=1S/C21H24N4OS2/c1-13-6-9-18(14(2)11-13)22-20(26)15(3)28-21-24-23-19(25(21)16-7-8-16)12-17-5-4-10-27-17/h4-6,9-11,15-16H,7-8,12H2,1-3H3,(H,22,26)/t15-/m1/s1. The van der Waals surface area contributed by atoms with Crippen LogP contribution in [0.1, 0.15) is 47.6 Å². The molecule has 3 aromatic rings. The maximum absolute atomic E-state index is 12.7. The molecule has 0 saturated heterocycles. The topological polar surface area (TPSA) is 59.8 Å². The summed E-state index contributed by atoms with van der Waals surface area (Å²) >= 11 is 3.23. The van der Waals surface area contributed by atoms with E-state index < -0.39 is 0 Å². The Morgan fingerprint density at radius 3 is 2.82 bits per heavy atom. The van der Waals surface area contributed by atoms with Crippen LogP contribution in [0.2, 0.25) is 0 Å². The number of hydrogen-bond donors (Lipinski definition) is 1. The van der Waals surface area contributed by atoms with E-state index in [0.717, 1.165) is 41.5 Å². The molecule has 0 aliphatic heterocycles. The minimum atomic E-state index is -0.253. The smallest absolute Gasteiger partial charge is 0.237 e. The largest absolute Gasteiger partial charge is 0.325 e. The average Bonchev–Trinajstić information content (AvgIpc) is 3.22. The maximum atomic E-state index is 12.7. The first-order valence-electron chi connectivity index (χ1n) is 9.52. The van der Waals surface area contributed by atoms with Crippen LogP contribution < -0.4 is 5.32 Å². The van der Waals surface area contributed by atoms with Gasteiger partial charge in [0.05, 0.1) is 5.25 Å². The Morgan fingerprint density at radius 1 is 1.32 bits per heavy atom. The molecule has 0 radical (unpaired) electrons. The monoisotopic (exact) mass is 412 g/mol. The van der Waals surface area contributed by atoms with Gasteiger partial charge in [0.15, 0.2) is 5.16 Å². The first kappa shape index (κ1) is 19.2. The molecule has 2 heterocycles. The van der Waals surface area contributed by atoms with E-state index in [-0.39, 0.29) is 11.2 Å². The van der Waals surface area contributed by atoms with Crippen molar-refractivity contribution in [3.63, 3.8) is 0 Å². The maximum Gasteiger partial charge on any atom is 0.237 e. The summed E-state index contributed by atoms with van der Waals surface area (Å²) in [4.78, 5) is 14.0. The summed E-state index contributed by atoms with van der Waals surface area (Å²) in [5, 5.41) is 14.6. The lowest BCUT2D eigenvalue weighted by molar-refractivity contribution is -0.115. The summed E-state index contributed by atoms with van der Waals surface area (Å²) in [7, 11) is 0. The second kappa shape index (κ2) is 8.09. The molecule has 1 aliphatic rings. The Balaban J connectivity index is 1.47. The lowest BCUT2D eigenvalue weighted by Crippen LogP contribution is -2.23. The molecule has 1 fully saturated rings. The van der Waals surface area contributed by atoms with Gasteiger partial charge in [0, 0.05) is 23.0 Å². The van der Waals surface area contributed by atoms with E-state index in [9.17, 15) is 4.79 Å². The minimum Gasteiger partial charge on any atom is -0.325 e. The van der Waals surface area contributed by atoms with Crippen LogP contribution in [0.5, 0.6) is 0 Å². The molecule has 0 bridgehead atoms. The molecular weight excluding hydrogens is 388 g/mol. The number of nitrogens with one attached hydrogen (secondary N) is 1. The fraction of sp³-hybridized carbons (Fsp3) is 0.381. The van der Waals surface area contributed by atoms with Gasteiger partial charge in [0.1, 0.15) is 5.82 Å². The van der Waals surface area contributed by atoms with Crippen molar-refractivity contribution in [2.24, 2.45) is 0 Å². The molecule has 28 heavy (non-hydrogen) atoms. The van der Waals surface area contributed by atoms with Gasteiger partial charge >= 0.3 is 0 Å². The SMILES string of the molecule is Cc1ccc(NC(=O)[C@@H](C)Sc2nnc(Cc3cccs3)n2C2CC2)c(C)c1. The number of rotatable bonds is 7. The van der Waals surface area contributed by atoms with E-state index in [1.54, 1.807) is 11.3 Å². The fourth-order valence-corrected chi connectivity index (χ4v) is 4.82. The zero-order valence-corrected chi connectivity index (χ0v) is 17.9. The van der Waals surface area contributed by atoms with E-state index in [2.05, 4.69) is 50.6 Å². The van der Waals surface area contributed by atoms with Crippen LogP contribution in [0.25, 0.3) is 0 Å². The van der Waals surface area contributed by atoms with Crippen molar-refractivity contribution < 1.29 is 4.79 Å². The van der Waals surface area contributed by atoms with Gasteiger partial charge in [-0.15, -0.1) is 21.5 Å². The molecule has 7 heteroatoms. The quantitative estimate of drug-likeness (QED) is 0.555. The normalized spacial score (nSPS) is 14.8. The highest BCUT2D eigenvalue weighted by Gasteiger charge is 2.31. The zero-order chi connectivity index (χ0) is 19.7. The summed E-state index contributed by atoms with van der Waals surface area (Å²) in [6.07, 6.45) is 3.11. The van der Waals surface area contributed by atoms with Gasteiger partial charge in [0.2, 0.25) is 5.91 Å². The molecule has 1 N–H and O–H groups in total. The fourth-order valence-electron chi connectivity index (χ4n) is 3.18. The van der Waals surface area contributed by atoms with E-state index >= 15 is 0 Å². The number of aromatic nitrogens is 3. The minimum absolute atomic E-state index is 0.0119. The van der Waals surface area contributed by atoms with Gasteiger partial charge in [-0.3, -0.25) is 4.79 Å². The number of hydrogen-bond acceptors (Lipinski definition) is 5. The molecular formula is C21H24N4OS2. The van der Waals surface area contributed by atoms with Gasteiger partial charge in [-0.2, -0.15) is 0 Å². The van der Waals surface area contributed by atoms with Crippen LogP contribution in [-0.2, 0) is 11.2 Å². The third-order valence-electron chi connectivity index (χ3n) is 4.85. The van der Waals surface area contributed by atoms with Crippen LogP contribution in [0.15, 0.2) is 40.9 Å². The predicted octanol–water partition coefficient (Wildman–Crippen LogP) is 5.00. The lowest BCUT2D eigenvalue weighted by atomic mass is 10.1. The number of nitrogens with zero attached hydrogens (tertiary/aromatic N) is 3. The van der Waals surface area contributed by atoms with Gasteiger partial charge < -0.3 is 9.88 Å². The van der Waals surface area contributed by atoms with Crippen LogP contribution in [0, 0.1) is 13.8 Å². The van der Waals surface area contributed by atoms with Crippen molar-refractivity contribution in [1.82, 2.24) is 14.8 Å². The number of anilines is 1. The van der Waals surface area contributed by atoms with Gasteiger partial charge in [0.25, 0.3) is 0 Å². The molecule has 0 spiro atoms. The Bertz CT molecular complexity index is 976. The summed E-state index contributed by atoms with van der Waals surface area (Å²) in [6.45, 7) is 5.99. The van der Waals surface area contributed by atoms with Crippen LogP contribution >= 0.6 is 23.1 Å². The molecule has 2 aromatic heterocycles. The Hall–Kier alpha value is -2.12. The molecule has 1 amide bonds. The third-order valence-corrected chi connectivity index (χ3v) is 6.78. The number of thioether (sulfide) groups is 1. The second-order valence-electron chi connectivity index (χ2n) is 7.32. The lowest BCUT2D eigenvalue weighted by Gasteiger charge is -2.14. The average molecular weight is 413 g/mol. The van der Waals surface area contributed by atoms with Crippen molar-refractivity contribution in [2.75, 3.05) is 5.32 Å². The van der Waals surface area contributed by atoms with Crippen molar-refractivity contribution in [3.8, 4) is 0 Å². The highest BCUT2D eigenvalue weighted by molar-refractivity contribution is 8.00. The van der Waals surface area contributed by atoms with Crippen LogP contribution in [0.3, 0.4) is 0 Å². The molecule has 1 aromatic carbocycles. The van der Waals surface area contributed by atoms with Gasteiger partial charge in [-0.05, 0) is 56.7 Å². The highest BCUT2D eigenvalue weighted by Crippen LogP contribution is 2.40. The molecule has 1 atom stereocenters. The second-order valence-corrected chi connectivity index (χ2v) is 9.66. The summed E-state index contributed by atoms with van der Waals surface area (Å²) in [6, 6.07) is 10.7. The van der Waals surface area contributed by atoms with Crippen LogP contribution in [0.4, 0.5) is 5.69 Å². The van der Waals surface area contributed by atoms with Crippen molar-refractivity contribution in [1.29, 1.82) is 0 Å². The van der Waals surface area contributed by atoms with E-state index in [1.165, 1.54) is 22.2 Å². The first-order chi connectivity index (χ1) is 13.5. The zero-order valence-electron chi connectivity index (χ0n) is 16.3.